The van der Waals surface area contributed by atoms with Gasteiger partial charge in [0.1, 0.15) is 0 Å². The van der Waals surface area contributed by atoms with Gasteiger partial charge in [0.05, 0.1) is 11.0 Å². The minimum Gasteiger partial charge on any atom is -0.393 e. The van der Waals surface area contributed by atoms with E-state index in [1.54, 1.807) is 0 Å². The maximum atomic E-state index is 12.2. The van der Waals surface area contributed by atoms with Gasteiger partial charge in [-0.3, -0.25) is 0 Å². The van der Waals surface area contributed by atoms with Crippen molar-refractivity contribution >= 4 is 15.2 Å². The summed E-state index contributed by atoms with van der Waals surface area (Å²) in [4.78, 5) is 0.779. The zero-order valence-electron chi connectivity index (χ0n) is 20.4. The molecule has 0 bridgehead atoms. The molecule has 0 spiro atoms. The lowest BCUT2D eigenvalue weighted by Gasteiger charge is -2.58. The van der Waals surface area contributed by atoms with Crippen molar-refractivity contribution < 1.29 is 13.5 Å². The summed E-state index contributed by atoms with van der Waals surface area (Å²) in [5.41, 5.74) is 2.07. The number of allylic oxidation sites excluding steroid dienone is 1. The second-order valence-electron chi connectivity index (χ2n) is 12.3. The van der Waals surface area contributed by atoms with E-state index in [1.807, 2.05) is 0 Å². The second-order valence-corrected chi connectivity index (χ2v) is 13.3. The normalized spacial score (nSPS) is 42.9. The molecule has 0 aromatic carbocycles. The molecule has 0 unspecified atom stereocenters. The maximum absolute atomic E-state index is 12.2. The van der Waals surface area contributed by atoms with E-state index >= 15 is 0 Å². The van der Waals surface area contributed by atoms with Crippen LogP contribution in [-0.4, -0.2) is 24.5 Å². The van der Waals surface area contributed by atoms with Crippen LogP contribution in [-0.2, 0) is 10.3 Å². The van der Waals surface area contributed by atoms with Crippen LogP contribution in [0.3, 0.4) is 0 Å². The summed E-state index contributed by atoms with van der Waals surface area (Å²) in [6, 6.07) is 0. The third kappa shape index (κ3) is 3.98. The molecule has 176 valence electrons. The number of hydrogen-bond donors (Lipinski definition) is 1. The minimum atomic E-state index is -2.07. The Morgan fingerprint density at radius 2 is 1.84 bits per heavy atom. The van der Waals surface area contributed by atoms with E-state index in [0.29, 0.717) is 17.8 Å². The van der Waals surface area contributed by atoms with Crippen LogP contribution in [0.1, 0.15) is 98.8 Å². The first kappa shape index (κ1) is 23.5. The van der Waals surface area contributed by atoms with Gasteiger partial charge in [-0.1, -0.05) is 46.3 Å². The van der Waals surface area contributed by atoms with Crippen LogP contribution in [0, 0.1) is 46.3 Å². The van der Waals surface area contributed by atoms with Gasteiger partial charge in [-0.05, 0) is 111 Å². The molecule has 3 saturated carbocycles. The fourth-order valence-corrected chi connectivity index (χ4v) is 9.37. The van der Waals surface area contributed by atoms with Crippen LogP contribution in [0.5, 0.6) is 0 Å². The van der Waals surface area contributed by atoms with Gasteiger partial charge in [0.25, 0.3) is 0 Å². The van der Waals surface area contributed by atoms with E-state index in [1.165, 1.54) is 37.7 Å². The summed E-state index contributed by atoms with van der Waals surface area (Å²) in [5, 5.41) is 10.2. The molecule has 8 atom stereocenters. The fourth-order valence-electron chi connectivity index (χ4n) is 8.62. The Kier molecular flexibility index (Phi) is 6.55. The molecular formula is C27H44O3S. The van der Waals surface area contributed by atoms with Crippen LogP contribution in [0.25, 0.3) is 0 Å². The molecule has 3 nitrogen and oxygen atoms in total. The van der Waals surface area contributed by atoms with E-state index in [4.69, 9.17) is 0 Å². The van der Waals surface area contributed by atoms with Crippen molar-refractivity contribution in [2.75, 3.05) is 0 Å². The largest absolute Gasteiger partial charge is 0.393 e. The minimum absolute atomic E-state index is 0.144. The average molecular weight is 449 g/mol. The predicted molar refractivity (Wildman–Crippen MR) is 128 cm³/mol. The highest BCUT2D eigenvalue weighted by Gasteiger charge is 2.59. The topological polar surface area (TPSA) is 54.4 Å². The van der Waals surface area contributed by atoms with Crippen molar-refractivity contribution in [3.8, 4) is 0 Å². The molecule has 3 fully saturated rings. The smallest absolute Gasteiger partial charge is 0.213 e. The number of rotatable bonds is 5. The quantitative estimate of drug-likeness (QED) is 0.411. The van der Waals surface area contributed by atoms with Crippen LogP contribution in [0.15, 0.2) is 11.6 Å². The zero-order chi connectivity index (χ0) is 22.6. The highest BCUT2D eigenvalue weighted by molar-refractivity contribution is 7.73. The number of aliphatic hydroxyl groups excluding tert-OH is 1. The van der Waals surface area contributed by atoms with Crippen molar-refractivity contribution in [1.29, 1.82) is 0 Å². The highest BCUT2D eigenvalue weighted by atomic mass is 32.2. The van der Waals surface area contributed by atoms with Gasteiger partial charge >= 0.3 is 0 Å². The van der Waals surface area contributed by atoms with Crippen LogP contribution >= 0.6 is 0 Å². The van der Waals surface area contributed by atoms with Gasteiger partial charge in [-0.2, -0.15) is 8.42 Å². The molecular weight excluding hydrogens is 404 g/mol. The lowest BCUT2D eigenvalue weighted by atomic mass is 9.47. The van der Waals surface area contributed by atoms with E-state index in [9.17, 15) is 13.5 Å². The van der Waals surface area contributed by atoms with E-state index in [-0.39, 0.29) is 22.9 Å². The summed E-state index contributed by atoms with van der Waals surface area (Å²) < 4.78 is 24.3. The fraction of sp³-hybridized carbons (Fsp3) is 0.889. The molecule has 1 N–H and O–H groups in total. The molecule has 4 heteroatoms. The molecule has 0 heterocycles. The Hall–Kier alpha value is -0.610. The molecule has 0 radical (unpaired) electrons. The number of aliphatic hydroxyl groups is 1. The number of fused-ring (bicyclic) bond motifs is 5. The maximum Gasteiger partial charge on any atom is 0.213 e. The van der Waals surface area contributed by atoms with Crippen molar-refractivity contribution in [1.82, 2.24) is 0 Å². The summed E-state index contributed by atoms with van der Waals surface area (Å²) in [6.07, 6.45) is 13.1. The van der Waals surface area contributed by atoms with Crippen molar-refractivity contribution in [3.63, 3.8) is 0 Å². The van der Waals surface area contributed by atoms with Gasteiger partial charge in [0.15, 0.2) is 0 Å². The molecule has 4 aliphatic rings. The average Bonchev–Trinajstić information content (AvgIpc) is 3.05. The van der Waals surface area contributed by atoms with Crippen molar-refractivity contribution in [2.24, 2.45) is 46.3 Å². The van der Waals surface area contributed by atoms with Crippen LogP contribution < -0.4 is 0 Å². The van der Waals surface area contributed by atoms with E-state index in [0.717, 1.165) is 48.8 Å². The molecule has 4 aliphatic carbocycles. The Morgan fingerprint density at radius 3 is 2.52 bits per heavy atom. The third-order valence-electron chi connectivity index (χ3n) is 10.4. The Bertz CT molecular complexity index is 848. The summed E-state index contributed by atoms with van der Waals surface area (Å²) in [7, 11) is -2.07. The Balaban J connectivity index is 1.58. The first-order chi connectivity index (χ1) is 14.6. The van der Waals surface area contributed by atoms with E-state index < -0.39 is 10.3 Å². The van der Waals surface area contributed by atoms with Crippen LogP contribution in [0.4, 0.5) is 0 Å². The molecule has 4 rings (SSSR count). The highest BCUT2D eigenvalue weighted by Crippen LogP contribution is 2.67. The second kappa shape index (κ2) is 8.63. The molecule has 0 saturated heterocycles. The van der Waals surface area contributed by atoms with Gasteiger partial charge in [0, 0.05) is 0 Å². The van der Waals surface area contributed by atoms with Gasteiger partial charge in [-0.25, -0.2) is 0 Å². The summed E-state index contributed by atoms with van der Waals surface area (Å²) in [5.74, 6) is 3.38. The van der Waals surface area contributed by atoms with Gasteiger partial charge in [0.2, 0.25) is 10.3 Å². The standard InChI is InChI=1S/C27H44O3S/c1-17(2)6-11-25(31(29)30)18(3)22-9-10-23-21-8-7-19-16-20(28)12-14-26(19,4)24(21)13-15-27(22,23)5/h7,17-18,20-24,28H,6,8-16H2,1-5H3/t18-,20-,21-,22+,23-,24-,26-,27+/m0/s1. The number of hydrogen-bond acceptors (Lipinski definition) is 3. The molecule has 31 heavy (non-hydrogen) atoms. The van der Waals surface area contributed by atoms with Gasteiger partial charge in [-0.15, -0.1) is 0 Å². The Morgan fingerprint density at radius 1 is 1.10 bits per heavy atom. The zero-order valence-corrected chi connectivity index (χ0v) is 21.2. The third-order valence-corrected chi connectivity index (χ3v) is 11.4. The van der Waals surface area contributed by atoms with Gasteiger partial charge < -0.3 is 5.11 Å². The monoisotopic (exact) mass is 448 g/mol. The first-order valence-electron chi connectivity index (χ1n) is 12.9. The summed E-state index contributed by atoms with van der Waals surface area (Å²) >= 11 is 0. The van der Waals surface area contributed by atoms with E-state index in [2.05, 4.69) is 40.7 Å². The summed E-state index contributed by atoms with van der Waals surface area (Å²) in [6.45, 7) is 11.6. The molecule has 0 aliphatic heterocycles. The predicted octanol–water partition coefficient (Wildman–Crippen LogP) is 6.05. The Labute approximate surface area is 191 Å². The molecule has 0 amide bonds. The van der Waals surface area contributed by atoms with Crippen LogP contribution in [0.2, 0.25) is 0 Å². The SMILES string of the molecule is CC(C)CCC([C@@H](C)[C@H]1CC[C@H]2[C@@H]3CC=C4C[C@@H](O)CC[C@]4(C)[C@H]3CC[C@]12C)=S(=O)=O. The molecule has 0 aromatic heterocycles. The lowest BCUT2D eigenvalue weighted by Crippen LogP contribution is -2.51. The lowest BCUT2D eigenvalue weighted by molar-refractivity contribution is -0.0531. The van der Waals surface area contributed by atoms with Crippen molar-refractivity contribution in [3.05, 3.63) is 11.6 Å². The molecule has 0 aromatic rings. The first-order valence-corrected chi connectivity index (χ1v) is 14.0. The van der Waals surface area contributed by atoms with Crippen molar-refractivity contribution in [2.45, 2.75) is 105 Å².